The minimum Gasteiger partial charge on any atom is -0.452 e. The van der Waals surface area contributed by atoms with Gasteiger partial charge in [-0.1, -0.05) is 0 Å². The van der Waals surface area contributed by atoms with Crippen molar-refractivity contribution in [2.45, 2.75) is 25.0 Å². The summed E-state index contributed by atoms with van der Waals surface area (Å²) in [7, 11) is 0. The van der Waals surface area contributed by atoms with Crippen molar-refractivity contribution in [1.29, 1.82) is 0 Å². The van der Waals surface area contributed by atoms with Crippen LogP contribution in [-0.2, 0) is 0 Å². The third-order valence-corrected chi connectivity index (χ3v) is 2.79. The van der Waals surface area contributed by atoms with Crippen LogP contribution in [0.1, 0.15) is 24.7 Å². The van der Waals surface area contributed by atoms with Crippen LogP contribution in [0.4, 0.5) is 0 Å². The van der Waals surface area contributed by atoms with Crippen molar-refractivity contribution in [3.63, 3.8) is 0 Å². The molecule has 2 rings (SSSR count). The standard InChI is InChI=1S/C9H12BrNO2/c10-8-4-3-7(13-8)9(12)6-2-1-5-11-6/h3-4,6,9,11-12H,1-2,5H2. The van der Waals surface area contributed by atoms with Crippen LogP contribution in [-0.4, -0.2) is 17.7 Å². The Morgan fingerprint density at radius 2 is 2.46 bits per heavy atom. The average molecular weight is 246 g/mol. The van der Waals surface area contributed by atoms with Gasteiger partial charge < -0.3 is 14.8 Å². The number of hydrogen-bond donors (Lipinski definition) is 2. The molecule has 1 fully saturated rings. The summed E-state index contributed by atoms with van der Waals surface area (Å²) in [5.41, 5.74) is 0. The molecule has 1 aliphatic rings. The molecule has 4 heteroatoms. The summed E-state index contributed by atoms with van der Waals surface area (Å²) in [6.07, 6.45) is 1.62. The van der Waals surface area contributed by atoms with E-state index < -0.39 is 6.10 Å². The Morgan fingerprint density at radius 1 is 1.62 bits per heavy atom. The molecule has 1 saturated heterocycles. The van der Waals surface area contributed by atoms with Crippen LogP contribution in [0.5, 0.6) is 0 Å². The van der Waals surface area contributed by atoms with Crippen LogP contribution >= 0.6 is 15.9 Å². The molecular formula is C9H12BrNO2. The molecule has 0 amide bonds. The van der Waals surface area contributed by atoms with Crippen LogP contribution in [0.3, 0.4) is 0 Å². The summed E-state index contributed by atoms with van der Waals surface area (Å²) in [5, 5.41) is 13.1. The van der Waals surface area contributed by atoms with Gasteiger partial charge in [0.1, 0.15) is 11.9 Å². The molecule has 0 radical (unpaired) electrons. The van der Waals surface area contributed by atoms with Crippen molar-refractivity contribution in [1.82, 2.24) is 5.32 Å². The molecule has 2 N–H and O–H groups in total. The van der Waals surface area contributed by atoms with E-state index in [4.69, 9.17) is 4.42 Å². The smallest absolute Gasteiger partial charge is 0.169 e. The summed E-state index contributed by atoms with van der Waals surface area (Å²) in [4.78, 5) is 0. The number of nitrogens with one attached hydrogen (secondary N) is 1. The van der Waals surface area contributed by atoms with Crippen LogP contribution in [0, 0.1) is 0 Å². The first kappa shape index (κ1) is 9.24. The maximum absolute atomic E-state index is 9.86. The van der Waals surface area contributed by atoms with Gasteiger partial charge in [-0.3, -0.25) is 0 Å². The lowest BCUT2D eigenvalue weighted by molar-refractivity contribution is 0.112. The van der Waals surface area contributed by atoms with Crippen molar-refractivity contribution in [2.75, 3.05) is 6.54 Å². The van der Waals surface area contributed by atoms with Gasteiger partial charge in [0.15, 0.2) is 4.67 Å². The Bertz CT molecular complexity index is 281. The first-order chi connectivity index (χ1) is 6.27. The van der Waals surface area contributed by atoms with Crippen molar-refractivity contribution < 1.29 is 9.52 Å². The molecule has 0 saturated carbocycles. The van der Waals surface area contributed by atoms with Gasteiger partial charge in [-0.05, 0) is 47.4 Å². The first-order valence-corrected chi connectivity index (χ1v) is 5.23. The predicted octanol–water partition coefficient (Wildman–Crippen LogP) is 1.83. The molecule has 0 bridgehead atoms. The summed E-state index contributed by atoms with van der Waals surface area (Å²) < 4.78 is 5.95. The Balaban J connectivity index is 2.07. The molecular weight excluding hydrogens is 234 g/mol. The van der Waals surface area contributed by atoms with E-state index in [1.165, 1.54) is 0 Å². The fourth-order valence-electron chi connectivity index (χ4n) is 1.67. The normalized spacial score (nSPS) is 24.9. The molecule has 2 unspecified atom stereocenters. The Labute approximate surface area is 85.3 Å². The van der Waals surface area contributed by atoms with Crippen LogP contribution in [0.15, 0.2) is 21.2 Å². The van der Waals surface area contributed by atoms with E-state index in [0.29, 0.717) is 10.4 Å². The van der Waals surface area contributed by atoms with Crippen molar-refractivity contribution >= 4 is 15.9 Å². The molecule has 0 aliphatic carbocycles. The largest absolute Gasteiger partial charge is 0.452 e. The number of aliphatic hydroxyl groups is 1. The fraction of sp³-hybridized carbons (Fsp3) is 0.556. The summed E-state index contributed by atoms with van der Waals surface area (Å²) >= 11 is 3.21. The molecule has 2 heterocycles. The van der Waals surface area contributed by atoms with E-state index in [-0.39, 0.29) is 6.04 Å². The van der Waals surface area contributed by atoms with E-state index >= 15 is 0 Å². The summed E-state index contributed by atoms with van der Waals surface area (Å²) in [6, 6.07) is 3.75. The third-order valence-electron chi connectivity index (χ3n) is 2.37. The van der Waals surface area contributed by atoms with Crippen molar-refractivity contribution in [3.8, 4) is 0 Å². The second kappa shape index (κ2) is 3.82. The number of halogens is 1. The van der Waals surface area contributed by atoms with E-state index in [0.717, 1.165) is 19.4 Å². The maximum Gasteiger partial charge on any atom is 0.169 e. The topological polar surface area (TPSA) is 45.4 Å². The molecule has 0 spiro atoms. The predicted molar refractivity (Wildman–Crippen MR) is 52.4 cm³/mol. The van der Waals surface area contributed by atoms with Crippen molar-refractivity contribution in [3.05, 3.63) is 22.6 Å². The van der Waals surface area contributed by atoms with E-state index in [9.17, 15) is 5.11 Å². The Morgan fingerprint density at radius 3 is 3.00 bits per heavy atom. The van der Waals surface area contributed by atoms with Gasteiger partial charge in [-0.2, -0.15) is 0 Å². The van der Waals surface area contributed by atoms with Gasteiger partial charge in [0.2, 0.25) is 0 Å². The third kappa shape index (κ3) is 1.95. The van der Waals surface area contributed by atoms with Gasteiger partial charge in [0, 0.05) is 6.04 Å². The Kier molecular flexibility index (Phi) is 2.71. The molecule has 1 aromatic rings. The zero-order valence-electron chi connectivity index (χ0n) is 7.16. The summed E-state index contributed by atoms with van der Waals surface area (Å²) in [5.74, 6) is 0.631. The number of furan rings is 1. The quantitative estimate of drug-likeness (QED) is 0.836. The minimum absolute atomic E-state index is 0.151. The lowest BCUT2D eigenvalue weighted by Gasteiger charge is -2.15. The minimum atomic E-state index is -0.520. The lowest BCUT2D eigenvalue weighted by Crippen LogP contribution is -2.28. The summed E-state index contributed by atoms with van der Waals surface area (Å²) in [6.45, 7) is 0.990. The molecule has 2 atom stereocenters. The van der Waals surface area contributed by atoms with E-state index in [1.54, 1.807) is 12.1 Å². The van der Waals surface area contributed by atoms with Crippen LogP contribution < -0.4 is 5.32 Å². The molecule has 3 nitrogen and oxygen atoms in total. The second-order valence-electron chi connectivity index (χ2n) is 3.29. The number of hydrogen-bond acceptors (Lipinski definition) is 3. The number of rotatable bonds is 2. The highest BCUT2D eigenvalue weighted by Gasteiger charge is 2.25. The molecule has 13 heavy (non-hydrogen) atoms. The maximum atomic E-state index is 9.86. The van der Waals surface area contributed by atoms with Gasteiger partial charge >= 0.3 is 0 Å². The zero-order chi connectivity index (χ0) is 9.26. The SMILES string of the molecule is OC(c1ccc(Br)o1)C1CCCN1. The van der Waals surface area contributed by atoms with Gasteiger partial charge in [-0.25, -0.2) is 0 Å². The average Bonchev–Trinajstić information content (AvgIpc) is 2.72. The Hall–Kier alpha value is -0.320. The van der Waals surface area contributed by atoms with Crippen LogP contribution in [0.25, 0.3) is 0 Å². The van der Waals surface area contributed by atoms with Crippen LogP contribution in [0.2, 0.25) is 0 Å². The highest BCUT2D eigenvalue weighted by Crippen LogP contribution is 2.26. The lowest BCUT2D eigenvalue weighted by atomic mass is 10.1. The van der Waals surface area contributed by atoms with Gasteiger partial charge in [-0.15, -0.1) is 0 Å². The molecule has 72 valence electrons. The monoisotopic (exact) mass is 245 g/mol. The highest BCUT2D eigenvalue weighted by atomic mass is 79.9. The molecule has 0 aromatic carbocycles. The fourth-order valence-corrected chi connectivity index (χ4v) is 1.99. The first-order valence-electron chi connectivity index (χ1n) is 4.44. The number of aliphatic hydroxyl groups excluding tert-OH is 1. The molecule has 1 aromatic heterocycles. The van der Waals surface area contributed by atoms with E-state index in [2.05, 4.69) is 21.2 Å². The van der Waals surface area contributed by atoms with Gasteiger partial charge in [0.05, 0.1) is 0 Å². The van der Waals surface area contributed by atoms with Gasteiger partial charge in [0.25, 0.3) is 0 Å². The second-order valence-corrected chi connectivity index (χ2v) is 4.07. The highest BCUT2D eigenvalue weighted by molar-refractivity contribution is 9.10. The van der Waals surface area contributed by atoms with Crippen molar-refractivity contribution in [2.24, 2.45) is 0 Å². The zero-order valence-corrected chi connectivity index (χ0v) is 8.75. The molecule has 1 aliphatic heterocycles. The van der Waals surface area contributed by atoms with E-state index in [1.807, 2.05) is 0 Å².